The quantitative estimate of drug-likeness (QED) is 0.286. The molecule has 0 saturated heterocycles. The van der Waals surface area contributed by atoms with Crippen molar-refractivity contribution < 1.29 is 26.3 Å². The van der Waals surface area contributed by atoms with E-state index in [0.29, 0.717) is 10.8 Å². The van der Waals surface area contributed by atoms with E-state index >= 15 is 0 Å². The third-order valence-electron chi connectivity index (χ3n) is 5.04. The summed E-state index contributed by atoms with van der Waals surface area (Å²) >= 11 is 0.806. The molecule has 29 heavy (non-hydrogen) atoms. The van der Waals surface area contributed by atoms with E-state index in [1.165, 1.54) is 12.1 Å². The van der Waals surface area contributed by atoms with Crippen molar-refractivity contribution in [1.82, 2.24) is 0 Å². The molecule has 0 unspecified atom stereocenters. The van der Waals surface area contributed by atoms with Crippen LogP contribution in [0.3, 0.4) is 0 Å². The topological polar surface area (TPSA) is 34.1 Å². The largest absolute Gasteiger partial charge is 0.416 e. The Morgan fingerprint density at radius 1 is 0.586 bits per heavy atom. The molecule has 5 rings (SSSR count). The van der Waals surface area contributed by atoms with Gasteiger partial charge in [0.15, 0.2) is 0 Å². The van der Waals surface area contributed by atoms with E-state index in [9.17, 15) is 35.9 Å². The molecule has 0 fully saturated rings. The van der Waals surface area contributed by atoms with Crippen LogP contribution in [0.1, 0.15) is 11.1 Å². The summed E-state index contributed by atoms with van der Waals surface area (Å²) in [5.74, 6) is 0. The molecule has 0 saturated carbocycles. The van der Waals surface area contributed by atoms with Gasteiger partial charge in [-0.1, -0.05) is 12.1 Å². The van der Waals surface area contributed by atoms with Gasteiger partial charge in [0.05, 0.1) is 20.5 Å². The first-order valence-corrected chi connectivity index (χ1v) is 8.99. The Balaban J connectivity index is 1.94. The summed E-state index contributed by atoms with van der Waals surface area (Å²) < 4.78 is 78.2. The average Bonchev–Trinajstić information content (AvgIpc) is 3.23. The van der Waals surface area contributed by atoms with Crippen molar-refractivity contribution in [2.45, 2.75) is 12.4 Å². The SMILES string of the molecule is O=c1c2cc(C(F)(F)F)ccc2c2c1sc1c(=O)c3cc(C(F)(F)F)ccc3c12. The van der Waals surface area contributed by atoms with Gasteiger partial charge >= 0.3 is 12.4 Å². The van der Waals surface area contributed by atoms with Crippen molar-refractivity contribution in [3.8, 4) is 0 Å². The molecular weight excluding hydrogens is 418 g/mol. The fourth-order valence-corrected chi connectivity index (χ4v) is 5.00. The van der Waals surface area contributed by atoms with Gasteiger partial charge in [0.1, 0.15) is 0 Å². The zero-order valence-electron chi connectivity index (χ0n) is 14.0. The monoisotopic (exact) mass is 424 g/mol. The zero-order valence-corrected chi connectivity index (χ0v) is 14.8. The van der Waals surface area contributed by atoms with Gasteiger partial charge in [0.2, 0.25) is 10.9 Å². The van der Waals surface area contributed by atoms with Crippen LogP contribution in [-0.2, 0) is 12.4 Å². The highest BCUT2D eigenvalue weighted by atomic mass is 32.1. The van der Waals surface area contributed by atoms with Crippen LogP contribution >= 0.6 is 11.3 Å². The van der Waals surface area contributed by atoms with E-state index in [4.69, 9.17) is 0 Å². The zero-order chi connectivity index (χ0) is 20.9. The molecule has 2 nitrogen and oxygen atoms in total. The van der Waals surface area contributed by atoms with E-state index in [1.54, 1.807) is 0 Å². The second-order valence-electron chi connectivity index (χ2n) is 6.68. The predicted octanol–water partition coefficient (Wildman–Crippen LogP) is 5.99. The number of hydrogen-bond acceptors (Lipinski definition) is 3. The van der Waals surface area contributed by atoms with Crippen molar-refractivity contribution in [3.63, 3.8) is 0 Å². The second-order valence-corrected chi connectivity index (χ2v) is 7.71. The minimum absolute atomic E-state index is 0.128. The van der Waals surface area contributed by atoms with Crippen LogP contribution in [-0.4, -0.2) is 0 Å². The van der Waals surface area contributed by atoms with Crippen LogP contribution in [0.25, 0.3) is 41.7 Å². The fourth-order valence-electron chi connectivity index (χ4n) is 3.76. The molecule has 0 radical (unpaired) electrons. The number of benzene rings is 2. The summed E-state index contributed by atoms with van der Waals surface area (Å²) in [5.41, 5.74) is -3.19. The smallest absolute Gasteiger partial charge is 0.288 e. The maximum Gasteiger partial charge on any atom is 0.416 e. The van der Waals surface area contributed by atoms with Crippen LogP contribution in [0.4, 0.5) is 26.3 Å². The van der Waals surface area contributed by atoms with Crippen molar-refractivity contribution in [3.05, 3.63) is 68.0 Å². The molecule has 0 aliphatic rings. The summed E-state index contributed by atoms with van der Waals surface area (Å²) in [4.78, 5) is 25.3. The summed E-state index contributed by atoms with van der Waals surface area (Å²) in [6.45, 7) is 0. The van der Waals surface area contributed by atoms with Crippen molar-refractivity contribution in [2.24, 2.45) is 0 Å². The number of rotatable bonds is 0. The van der Waals surface area contributed by atoms with Crippen molar-refractivity contribution >= 4 is 53.1 Å². The maximum absolute atomic E-state index is 13.0. The molecule has 0 spiro atoms. The molecule has 1 heterocycles. The third kappa shape index (κ3) is 2.37. The first kappa shape index (κ1) is 18.1. The van der Waals surface area contributed by atoms with Gasteiger partial charge in [-0.3, -0.25) is 9.59 Å². The average molecular weight is 424 g/mol. The van der Waals surface area contributed by atoms with Crippen LogP contribution in [0.5, 0.6) is 0 Å². The van der Waals surface area contributed by atoms with E-state index in [0.717, 1.165) is 35.6 Å². The molecule has 9 heteroatoms. The van der Waals surface area contributed by atoms with Crippen LogP contribution < -0.4 is 10.9 Å². The normalized spacial score (nSPS) is 13.4. The summed E-state index contributed by atoms with van der Waals surface area (Å²) in [6, 6.07) is 5.55. The van der Waals surface area contributed by atoms with Gasteiger partial charge in [-0.25, -0.2) is 0 Å². The summed E-state index contributed by atoms with van der Waals surface area (Å²) in [5, 5.41) is 0.858. The van der Waals surface area contributed by atoms with Crippen molar-refractivity contribution in [2.75, 3.05) is 0 Å². The third-order valence-corrected chi connectivity index (χ3v) is 6.23. The highest BCUT2D eigenvalue weighted by Crippen LogP contribution is 2.43. The lowest BCUT2D eigenvalue weighted by Crippen LogP contribution is -2.05. The standard InChI is InChI=1S/C20H6F6O2S/c21-19(22,23)7-1-3-9-11(5-7)15(27)17-13(9)14-10-4-2-8(20(24,25)26)6-12(10)16(28)18(14)29-17/h1-6H. The Bertz CT molecular complexity index is 1450. The van der Waals surface area contributed by atoms with Gasteiger partial charge in [0, 0.05) is 21.5 Å². The molecule has 0 N–H and O–H groups in total. The number of hydrogen-bond donors (Lipinski definition) is 0. The molecule has 4 aromatic carbocycles. The molecule has 5 aromatic rings. The summed E-state index contributed by atoms with van der Waals surface area (Å²) in [6.07, 6.45) is -9.24. The van der Waals surface area contributed by atoms with E-state index in [-0.39, 0.29) is 30.9 Å². The maximum atomic E-state index is 13.0. The molecule has 1 aromatic heterocycles. The van der Waals surface area contributed by atoms with Gasteiger partial charge in [0.25, 0.3) is 0 Å². The Hall–Kier alpha value is -2.94. The number of fused-ring (bicyclic) bond motifs is 7. The first-order valence-electron chi connectivity index (χ1n) is 8.18. The minimum Gasteiger partial charge on any atom is -0.288 e. The predicted molar refractivity (Wildman–Crippen MR) is 99.3 cm³/mol. The Kier molecular flexibility index (Phi) is 3.34. The molecule has 0 amide bonds. The Labute approximate surface area is 160 Å². The molecule has 146 valence electrons. The number of alkyl halides is 6. The van der Waals surface area contributed by atoms with Gasteiger partial charge in [-0.05, 0) is 35.0 Å². The van der Waals surface area contributed by atoms with Crippen LogP contribution in [0.2, 0.25) is 0 Å². The molecule has 0 bridgehead atoms. The number of halogens is 6. The lowest BCUT2D eigenvalue weighted by Gasteiger charge is -2.06. The minimum atomic E-state index is -4.62. The van der Waals surface area contributed by atoms with Crippen LogP contribution in [0.15, 0.2) is 46.0 Å². The molecular formula is C20H6F6O2S. The lowest BCUT2D eigenvalue weighted by atomic mass is 10.1. The molecule has 0 atom stereocenters. The first-order chi connectivity index (χ1) is 13.5. The van der Waals surface area contributed by atoms with Gasteiger partial charge < -0.3 is 0 Å². The van der Waals surface area contributed by atoms with E-state index in [2.05, 4.69) is 0 Å². The van der Waals surface area contributed by atoms with Crippen LogP contribution in [0, 0.1) is 0 Å². The lowest BCUT2D eigenvalue weighted by molar-refractivity contribution is -0.138. The second kappa shape index (κ2) is 5.35. The highest BCUT2D eigenvalue weighted by Gasteiger charge is 2.33. The molecule has 0 aliphatic heterocycles. The molecule has 0 aliphatic carbocycles. The Morgan fingerprint density at radius 2 is 0.966 bits per heavy atom. The van der Waals surface area contributed by atoms with Gasteiger partial charge in [-0.2, -0.15) is 26.3 Å². The van der Waals surface area contributed by atoms with Gasteiger partial charge in [-0.15, -0.1) is 11.3 Å². The van der Waals surface area contributed by atoms with Crippen molar-refractivity contribution in [1.29, 1.82) is 0 Å². The Morgan fingerprint density at radius 3 is 1.31 bits per heavy atom. The fraction of sp³-hybridized carbons (Fsp3) is 0.100. The summed E-state index contributed by atoms with van der Waals surface area (Å²) in [7, 11) is 0. The van der Waals surface area contributed by atoms with E-state index in [1.807, 2.05) is 0 Å². The highest BCUT2D eigenvalue weighted by molar-refractivity contribution is 7.26. The number of thiophene rings is 1. The van der Waals surface area contributed by atoms with E-state index < -0.39 is 34.3 Å².